The van der Waals surface area contributed by atoms with Crippen LogP contribution in [0.1, 0.15) is 43.7 Å². The number of allylic oxidation sites excluding steroid dienone is 1. The molecule has 0 radical (unpaired) electrons. The van der Waals surface area contributed by atoms with Gasteiger partial charge in [-0.25, -0.2) is 9.79 Å². The van der Waals surface area contributed by atoms with Crippen LogP contribution in [-0.2, 0) is 19.1 Å². The fraction of sp³-hybridized carbons (Fsp3) is 0.250. The van der Waals surface area contributed by atoms with Crippen LogP contribution in [0.5, 0.6) is 0 Å². The molecule has 202 valence electrons. The van der Waals surface area contributed by atoms with Gasteiger partial charge in [-0.15, -0.1) is 11.3 Å². The summed E-state index contributed by atoms with van der Waals surface area (Å²) in [6.07, 6.45) is 2.29. The van der Waals surface area contributed by atoms with Gasteiger partial charge in [-0.3, -0.25) is 19.0 Å². The van der Waals surface area contributed by atoms with Gasteiger partial charge < -0.3 is 14.7 Å². The van der Waals surface area contributed by atoms with Gasteiger partial charge in [0.1, 0.15) is 17.2 Å². The quantitative estimate of drug-likeness (QED) is 0.362. The largest absolute Gasteiger partial charge is 0.481 e. The summed E-state index contributed by atoms with van der Waals surface area (Å²) < 4.78 is 7.20. The molecule has 2 aliphatic heterocycles. The standard InChI is InChI=1S/C26H23N3O4S2.C2H4O2/c1-4-12-28-17-10-7-6-9-16(17)20(23(28)30)22-24(31)29-21(18-11-8-14-34-18)19(25(32)33-13-5-2)15(3)27-26(29)35-22;1-2(3)4/h5-11,14,21H,2,4,12-13H2,1,3H3;1H3,(H,3,4). The van der Waals surface area contributed by atoms with E-state index >= 15 is 0 Å². The van der Waals surface area contributed by atoms with Crippen LogP contribution in [0.25, 0.3) is 5.57 Å². The number of carbonyl (C=O) groups excluding carboxylic acids is 2. The zero-order valence-electron chi connectivity index (χ0n) is 21.7. The molecule has 0 aliphatic carbocycles. The number of carboxylic acid groups (broad SMARTS) is 1. The van der Waals surface area contributed by atoms with Crippen molar-refractivity contribution in [2.24, 2.45) is 4.99 Å². The number of thiazole rings is 1. The first-order chi connectivity index (χ1) is 18.7. The first kappa shape index (κ1) is 27.9. The Kier molecular flexibility index (Phi) is 8.41. The molecule has 0 saturated heterocycles. The molecule has 0 spiro atoms. The molecular weight excluding hydrogens is 538 g/mol. The Balaban J connectivity index is 0.000000826. The highest BCUT2D eigenvalue weighted by Crippen LogP contribution is 2.36. The van der Waals surface area contributed by atoms with Crippen LogP contribution in [0.2, 0.25) is 0 Å². The lowest BCUT2D eigenvalue weighted by atomic mass is 10.0. The van der Waals surface area contributed by atoms with Gasteiger partial charge in [-0.05, 0) is 30.9 Å². The number of carbonyl (C=O) groups is 3. The molecule has 0 bridgehead atoms. The second-order valence-corrected chi connectivity index (χ2v) is 10.6. The van der Waals surface area contributed by atoms with Crippen molar-refractivity contribution in [1.82, 2.24) is 4.57 Å². The Morgan fingerprint density at radius 3 is 2.56 bits per heavy atom. The van der Waals surface area contributed by atoms with Crippen LogP contribution >= 0.6 is 22.7 Å². The van der Waals surface area contributed by atoms with E-state index in [2.05, 4.69) is 11.6 Å². The van der Waals surface area contributed by atoms with Crippen molar-refractivity contribution < 1.29 is 24.2 Å². The van der Waals surface area contributed by atoms with Crippen molar-refractivity contribution in [3.8, 4) is 0 Å². The maximum atomic E-state index is 14.0. The lowest BCUT2D eigenvalue weighted by Crippen LogP contribution is -2.40. The molecule has 5 rings (SSSR count). The van der Waals surface area contributed by atoms with E-state index in [0.29, 0.717) is 32.7 Å². The summed E-state index contributed by atoms with van der Waals surface area (Å²) in [5.41, 5.74) is 2.39. The lowest BCUT2D eigenvalue weighted by molar-refractivity contribution is -0.138. The van der Waals surface area contributed by atoms with E-state index < -0.39 is 18.0 Å². The van der Waals surface area contributed by atoms with Gasteiger partial charge in [0, 0.05) is 23.9 Å². The van der Waals surface area contributed by atoms with E-state index in [-0.39, 0.29) is 18.1 Å². The third-order valence-corrected chi connectivity index (χ3v) is 7.94. The molecule has 11 heteroatoms. The fourth-order valence-electron chi connectivity index (χ4n) is 4.51. The summed E-state index contributed by atoms with van der Waals surface area (Å²) in [6.45, 7) is 9.06. The Morgan fingerprint density at radius 2 is 1.92 bits per heavy atom. The smallest absolute Gasteiger partial charge is 0.338 e. The molecule has 4 heterocycles. The SMILES string of the molecule is C=CCOC(=O)C1=C(C)N=c2sc(=C3C(=O)N(CCC)c4ccccc43)c(=O)n2C1c1cccs1.CC(=O)O. The van der Waals surface area contributed by atoms with Crippen LogP contribution in [0.4, 0.5) is 5.69 Å². The number of thiophene rings is 1. The Hall–Kier alpha value is -4.09. The summed E-state index contributed by atoms with van der Waals surface area (Å²) >= 11 is 2.63. The van der Waals surface area contributed by atoms with E-state index in [0.717, 1.165) is 29.5 Å². The van der Waals surface area contributed by atoms with Gasteiger partial charge in [0.05, 0.1) is 22.5 Å². The molecule has 3 aromatic rings. The van der Waals surface area contributed by atoms with Crippen molar-refractivity contribution >= 4 is 51.8 Å². The minimum atomic E-state index is -0.833. The average molecular weight is 566 g/mol. The summed E-state index contributed by atoms with van der Waals surface area (Å²) in [5, 5.41) is 9.31. The van der Waals surface area contributed by atoms with E-state index in [9.17, 15) is 14.4 Å². The molecule has 1 atom stereocenters. The van der Waals surface area contributed by atoms with Crippen LogP contribution in [0.3, 0.4) is 0 Å². The van der Waals surface area contributed by atoms with Crippen molar-refractivity contribution in [1.29, 1.82) is 0 Å². The van der Waals surface area contributed by atoms with Crippen molar-refractivity contribution in [2.75, 3.05) is 18.1 Å². The lowest BCUT2D eigenvalue weighted by Gasteiger charge is -2.23. The summed E-state index contributed by atoms with van der Waals surface area (Å²) in [6, 6.07) is 10.6. The van der Waals surface area contributed by atoms with E-state index in [1.165, 1.54) is 33.3 Å². The van der Waals surface area contributed by atoms with Gasteiger partial charge in [-0.2, -0.15) is 0 Å². The number of fused-ring (bicyclic) bond motifs is 2. The van der Waals surface area contributed by atoms with Crippen LogP contribution in [0.15, 0.2) is 75.5 Å². The highest BCUT2D eigenvalue weighted by molar-refractivity contribution is 7.10. The van der Waals surface area contributed by atoms with Crippen LogP contribution in [-0.4, -0.2) is 40.7 Å². The Bertz CT molecular complexity index is 1660. The number of anilines is 1. The van der Waals surface area contributed by atoms with Gasteiger partial charge in [0.15, 0.2) is 4.80 Å². The zero-order chi connectivity index (χ0) is 28.3. The number of para-hydroxylation sites is 1. The maximum absolute atomic E-state index is 14.0. The van der Waals surface area contributed by atoms with E-state index in [4.69, 9.17) is 14.6 Å². The van der Waals surface area contributed by atoms with E-state index in [1.807, 2.05) is 48.7 Å². The number of benzene rings is 1. The number of aromatic nitrogens is 1. The van der Waals surface area contributed by atoms with Gasteiger partial charge >= 0.3 is 5.97 Å². The van der Waals surface area contributed by atoms with Crippen molar-refractivity contribution in [3.05, 3.63) is 95.8 Å². The Morgan fingerprint density at radius 1 is 1.21 bits per heavy atom. The molecule has 1 N–H and O–H groups in total. The number of rotatable bonds is 6. The van der Waals surface area contributed by atoms with E-state index in [1.54, 1.807) is 11.8 Å². The second-order valence-electron chi connectivity index (χ2n) is 8.67. The number of aliphatic carboxylic acids is 1. The molecule has 1 amide bonds. The van der Waals surface area contributed by atoms with Gasteiger partial charge in [0.2, 0.25) is 0 Å². The number of carboxylic acids is 1. The molecule has 1 aromatic carbocycles. The second kappa shape index (κ2) is 11.7. The number of nitrogens with zero attached hydrogens (tertiary/aromatic N) is 3. The highest BCUT2D eigenvalue weighted by atomic mass is 32.1. The minimum absolute atomic E-state index is 0.0554. The van der Waals surface area contributed by atoms with Gasteiger partial charge in [-0.1, -0.05) is 55.2 Å². The van der Waals surface area contributed by atoms with Crippen LogP contribution < -0.4 is 19.8 Å². The average Bonchev–Trinajstić information content (AvgIpc) is 3.60. The Labute approximate surface area is 232 Å². The summed E-state index contributed by atoms with van der Waals surface area (Å²) in [4.78, 5) is 57.1. The third-order valence-electron chi connectivity index (χ3n) is 5.96. The number of esters is 1. The monoisotopic (exact) mass is 565 g/mol. The number of ether oxygens (including phenoxy) is 1. The molecular formula is C28H27N3O6S2. The summed E-state index contributed by atoms with van der Waals surface area (Å²) in [7, 11) is 0. The third kappa shape index (κ3) is 5.27. The first-order valence-electron chi connectivity index (χ1n) is 12.2. The molecule has 1 unspecified atom stereocenters. The predicted octanol–water partition coefficient (Wildman–Crippen LogP) is 3.24. The maximum Gasteiger partial charge on any atom is 0.338 e. The zero-order valence-corrected chi connectivity index (χ0v) is 23.3. The minimum Gasteiger partial charge on any atom is -0.481 e. The normalized spacial score (nSPS) is 17.1. The molecule has 9 nitrogen and oxygen atoms in total. The highest BCUT2D eigenvalue weighted by Gasteiger charge is 2.37. The van der Waals surface area contributed by atoms with Crippen molar-refractivity contribution in [2.45, 2.75) is 33.2 Å². The molecule has 2 aliphatic rings. The predicted molar refractivity (Wildman–Crippen MR) is 151 cm³/mol. The number of hydrogen-bond acceptors (Lipinski definition) is 8. The van der Waals surface area contributed by atoms with Crippen LogP contribution in [0, 0.1) is 0 Å². The fourth-order valence-corrected chi connectivity index (χ4v) is 6.47. The van der Waals surface area contributed by atoms with Gasteiger partial charge in [0.25, 0.3) is 17.4 Å². The number of amides is 1. The molecule has 0 saturated carbocycles. The molecule has 0 fully saturated rings. The molecule has 39 heavy (non-hydrogen) atoms. The molecule has 2 aromatic heterocycles. The summed E-state index contributed by atoms with van der Waals surface area (Å²) in [5.74, 6) is -1.56. The first-order valence-corrected chi connectivity index (χ1v) is 13.9. The number of hydrogen-bond donors (Lipinski definition) is 1. The topological polar surface area (TPSA) is 118 Å². The van der Waals surface area contributed by atoms with Crippen molar-refractivity contribution in [3.63, 3.8) is 0 Å².